The van der Waals surface area contributed by atoms with E-state index in [1.807, 2.05) is 66.7 Å². The van der Waals surface area contributed by atoms with E-state index in [0.29, 0.717) is 42.9 Å². The van der Waals surface area contributed by atoms with Gasteiger partial charge in [-0.05, 0) is 41.0 Å². The molecular formula is C33H32N6O2. The molecule has 0 radical (unpaired) electrons. The largest absolute Gasteiger partial charge is 0.379 e. The number of nitrogens with zero attached hydrogens (tertiary/aromatic N) is 4. The highest BCUT2D eigenvalue weighted by atomic mass is 16.5. The maximum absolute atomic E-state index is 13.7. The van der Waals surface area contributed by atoms with Gasteiger partial charge in [-0.2, -0.15) is 0 Å². The van der Waals surface area contributed by atoms with Crippen LogP contribution in [0.15, 0.2) is 97.5 Å². The lowest BCUT2D eigenvalue weighted by atomic mass is 9.96. The van der Waals surface area contributed by atoms with Gasteiger partial charge in [0.25, 0.3) is 5.91 Å². The van der Waals surface area contributed by atoms with Gasteiger partial charge in [-0.25, -0.2) is 4.98 Å². The van der Waals surface area contributed by atoms with Crippen molar-refractivity contribution in [3.8, 4) is 22.4 Å². The quantitative estimate of drug-likeness (QED) is 0.294. The molecule has 5 aromatic rings. The molecule has 1 amide bonds. The van der Waals surface area contributed by atoms with Crippen LogP contribution in [0.25, 0.3) is 33.3 Å². The lowest BCUT2D eigenvalue weighted by molar-refractivity contribution is 0.0162. The summed E-state index contributed by atoms with van der Waals surface area (Å²) in [5.41, 5.74) is 12.8. The van der Waals surface area contributed by atoms with Crippen LogP contribution in [0.1, 0.15) is 27.7 Å². The Morgan fingerprint density at radius 1 is 0.927 bits per heavy atom. The SMILES string of the molecule is NCc1ccc(-c2nc3ccnc(C(=O)NCC(c4ccncc4)N4CCOCC4)c3cc2-c2ccccc2)cc1. The lowest BCUT2D eigenvalue weighted by Gasteiger charge is -2.34. The number of ether oxygens (including phenoxy) is 1. The van der Waals surface area contributed by atoms with Crippen molar-refractivity contribution >= 4 is 16.8 Å². The second-order valence-corrected chi connectivity index (χ2v) is 10.0. The number of morpholine rings is 1. The summed E-state index contributed by atoms with van der Waals surface area (Å²) in [6.07, 6.45) is 5.22. The fourth-order valence-electron chi connectivity index (χ4n) is 5.34. The van der Waals surface area contributed by atoms with Crippen LogP contribution in [0.3, 0.4) is 0 Å². The van der Waals surface area contributed by atoms with Gasteiger partial charge in [0.05, 0.1) is 30.5 Å². The zero-order valence-electron chi connectivity index (χ0n) is 22.7. The van der Waals surface area contributed by atoms with Crippen molar-refractivity contribution in [2.24, 2.45) is 5.73 Å². The summed E-state index contributed by atoms with van der Waals surface area (Å²) in [6, 6.07) is 26.1. The van der Waals surface area contributed by atoms with E-state index >= 15 is 0 Å². The molecule has 1 saturated heterocycles. The summed E-state index contributed by atoms with van der Waals surface area (Å²) in [7, 11) is 0. The number of aromatic nitrogens is 3. The first kappa shape index (κ1) is 26.7. The van der Waals surface area contributed by atoms with Crippen molar-refractivity contribution in [3.05, 3.63) is 114 Å². The molecule has 0 aliphatic carbocycles. The van der Waals surface area contributed by atoms with E-state index in [1.165, 1.54) is 0 Å². The van der Waals surface area contributed by atoms with Gasteiger partial charge < -0.3 is 15.8 Å². The van der Waals surface area contributed by atoms with Crippen LogP contribution in [0.2, 0.25) is 0 Å². The number of benzene rings is 2. The van der Waals surface area contributed by atoms with Gasteiger partial charge in [-0.15, -0.1) is 0 Å². The minimum absolute atomic E-state index is 0.00178. The topological polar surface area (TPSA) is 106 Å². The Labute approximate surface area is 239 Å². The summed E-state index contributed by atoms with van der Waals surface area (Å²) in [5.74, 6) is -0.233. The standard InChI is InChI=1S/C33H32N6O2/c34-21-23-6-8-26(9-7-23)31-27(24-4-2-1-3-5-24)20-28-29(38-31)12-15-36-32(28)33(40)37-22-30(25-10-13-35-14-11-25)39-16-18-41-19-17-39/h1-15,20,30H,16-19,21-22,34H2,(H,37,40). The highest BCUT2D eigenvalue weighted by Crippen LogP contribution is 2.34. The van der Waals surface area contributed by atoms with Gasteiger partial charge >= 0.3 is 0 Å². The molecule has 206 valence electrons. The van der Waals surface area contributed by atoms with Crippen molar-refractivity contribution in [1.82, 2.24) is 25.2 Å². The molecule has 0 saturated carbocycles. The van der Waals surface area contributed by atoms with Crippen LogP contribution in [-0.4, -0.2) is 58.6 Å². The molecule has 1 aliphatic rings. The van der Waals surface area contributed by atoms with Crippen LogP contribution in [-0.2, 0) is 11.3 Å². The zero-order chi connectivity index (χ0) is 28.0. The second-order valence-electron chi connectivity index (χ2n) is 10.0. The summed E-state index contributed by atoms with van der Waals surface area (Å²) in [4.78, 5) is 29.8. The van der Waals surface area contributed by atoms with Crippen LogP contribution in [0.4, 0.5) is 0 Å². The van der Waals surface area contributed by atoms with E-state index in [0.717, 1.165) is 46.6 Å². The third-order valence-corrected chi connectivity index (χ3v) is 7.54. The van der Waals surface area contributed by atoms with Crippen molar-refractivity contribution in [2.75, 3.05) is 32.8 Å². The summed E-state index contributed by atoms with van der Waals surface area (Å²) in [6.45, 7) is 3.86. The fourth-order valence-corrected chi connectivity index (χ4v) is 5.34. The predicted octanol–water partition coefficient (Wildman–Crippen LogP) is 4.62. The monoisotopic (exact) mass is 544 g/mol. The number of hydrogen-bond donors (Lipinski definition) is 2. The Morgan fingerprint density at radius 2 is 1.68 bits per heavy atom. The zero-order valence-corrected chi connectivity index (χ0v) is 22.7. The van der Waals surface area contributed by atoms with Gasteiger partial charge in [-0.3, -0.25) is 19.7 Å². The molecule has 2 aromatic carbocycles. The van der Waals surface area contributed by atoms with Crippen LogP contribution < -0.4 is 11.1 Å². The molecule has 8 heteroatoms. The van der Waals surface area contributed by atoms with E-state index in [-0.39, 0.29) is 11.9 Å². The van der Waals surface area contributed by atoms with Gasteiger partial charge in [-0.1, -0.05) is 54.6 Å². The minimum Gasteiger partial charge on any atom is -0.379 e. The summed E-state index contributed by atoms with van der Waals surface area (Å²) < 4.78 is 5.57. The Balaban J connectivity index is 1.36. The molecule has 41 heavy (non-hydrogen) atoms. The molecule has 8 nitrogen and oxygen atoms in total. The molecule has 1 fully saturated rings. The van der Waals surface area contributed by atoms with Crippen molar-refractivity contribution in [1.29, 1.82) is 0 Å². The molecule has 0 spiro atoms. The Morgan fingerprint density at radius 3 is 2.41 bits per heavy atom. The number of fused-ring (bicyclic) bond motifs is 1. The minimum atomic E-state index is -0.233. The van der Waals surface area contributed by atoms with Crippen molar-refractivity contribution in [2.45, 2.75) is 12.6 Å². The second kappa shape index (κ2) is 12.3. The number of amides is 1. The fraction of sp³-hybridized carbons (Fsp3) is 0.212. The van der Waals surface area contributed by atoms with E-state index in [9.17, 15) is 4.79 Å². The van der Waals surface area contributed by atoms with Crippen molar-refractivity contribution < 1.29 is 9.53 Å². The molecule has 3 N–H and O–H groups in total. The molecule has 6 rings (SSSR count). The number of hydrogen-bond acceptors (Lipinski definition) is 7. The van der Waals surface area contributed by atoms with Crippen LogP contribution in [0.5, 0.6) is 0 Å². The van der Waals surface area contributed by atoms with Crippen molar-refractivity contribution in [3.63, 3.8) is 0 Å². The number of carbonyl (C=O) groups excluding carboxylic acids is 1. The lowest BCUT2D eigenvalue weighted by Crippen LogP contribution is -2.44. The highest BCUT2D eigenvalue weighted by molar-refractivity contribution is 6.06. The number of rotatable bonds is 8. The van der Waals surface area contributed by atoms with Gasteiger partial charge in [0.1, 0.15) is 5.69 Å². The molecular weight excluding hydrogens is 512 g/mol. The molecule has 1 aliphatic heterocycles. The van der Waals surface area contributed by atoms with E-state index in [2.05, 4.69) is 32.3 Å². The Kier molecular flexibility index (Phi) is 8.04. The van der Waals surface area contributed by atoms with E-state index in [1.54, 1.807) is 18.6 Å². The van der Waals surface area contributed by atoms with Gasteiger partial charge in [0, 0.05) is 61.3 Å². The third-order valence-electron chi connectivity index (χ3n) is 7.54. The maximum Gasteiger partial charge on any atom is 0.270 e. The average molecular weight is 545 g/mol. The van der Waals surface area contributed by atoms with Gasteiger partial charge in [0.15, 0.2) is 0 Å². The Hall–Kier alpha value is -4.50. The molecule has 3 aromatic heterocycles. The van der Waals surface area contributed by atoms with Gasteiger partial charge in [0.2, 0.25) is 0 Å². The number of nitrogens with two attached hydrogens (primary N) is 1. The van der Waals surface area contributed by atoms with E-state index < -0.39 is 0 Å². The molecule has 1 unspecified atom stereocenters. The Bertz CT molecular complexity index is 1620. The predicted molar refractivity (Wildman–Crippen MR) is 160 cm³/mol. The number of pyridine rings is 3. The summed E-state index contributed by atoms with van der Waals surface area (Å²) in [5, 5.41) is 3.87. The van der Waals surface area contributed by atoms with Crippen LogP contribution in [0, 0.1) is 0 Å². The molecule has 0 bridgehead atoms. The van der Waals surface area contributed by atoms with Crippen LogP contribution >= 0.6 is 0 Å². The highest BCUT2D eigenvalue weighted by Gasteiger charge is 2.24. The smallest absolute Gasteiger partial charge is 0.270 e. The first-order valence-electron chi connectivity index (χ1n) is 13.9. The number of nitrogens with one attached hydrogen (secondary N) is 1. The third kappa shape index (κ3) is 5.85. The number of carbonyl (C=O) groups is 1. The summed E-state index contributed by atoms with van der Waals surface area (Å²) >= 11 is 0. The van der Waals surface area contributed by atoms with E-state index in [4.69, 9.17) is 15.5 Å². The normalized spacial score (nSPS) is 14.6. The average Bonchev–Trinajstić information content (AvgIpc) is 3.05. The first-order valence-corrected chi connectivity index (χ1v) is 13.9. The molecule has 1 atom stereocenters. The molecule has 4 heterocycles. The first-order chi connectivity index (χ1) is 20.2. The maximum atomic E-state index is 13.7.